The maximum atomic E-state index is 13.4. The number of benzene rings is 2. The molecule has 3 rings (SSSR count). The molecule has 2 aromatic carbocycles. The van der Waals surface area contributed by atoms with Crippen molar-refractivity contribution in [3.8, 4) is 0 Å². The average molecular weight is 534 g/mol. The van der Waals surface area contributed by atoms with Crippen LogP contribution in [0.2, 0.25) is 5.02 Å². The van der Waals surface area contributed by atoms with Gasteiger partial charge in [0.2, 0.25) is 0 Å². The smallest absolute Gasteiger partial charge is 0.255 e. The van der Waals surface area contributed by atoms with Gasteiger partial charge in [0, 0.05) is 48.3 Å². The predicted octanol–water partition coefficient (Wildman–Crippen LogP) is 4.82. The zero-order chi connectivity index (χ0) is 27.7. The molecule has 1 heterocycles. The molecule has 0 saturated carbocycles. The van der Waals surface area contributed by atoms with E-state index in [9.17, 15) is 13.6 Å². The molecule has 0 aliphatic rings. The average Bonchev–Trinajstić information content (AvgIpc) is 3.21. The van der Waals surface area contributed by atoms with Gasteiger partial charge in [0.1, 0.15) is 6.67 Å². The predicted molar refractivity (Wildman–Crippen MR) is 146 cm³/mol. The second kappa shape index (κ2) is 13.7. The van der Waals surface area contributed by atoms with Crippen molar-refractivity contribution in [2.45, 2.75) is 40.0 Å². The van der Waals surface area contributed by atoms with Crippen molar-refractivity contribution in [1.82, 2.24) is 15.1 Å². The number of carbonyl (C=O) groups is 1. The number of amides is 1. The molecule has 6 N–H and O–H groups in total. The van der Waals surface area contributed by atoms with Crippen LogP contribution in [0.3, 0.4) is 0 Å². The Labute approximate surface area is 221 Å². The number of anilines is 2. The number of nitrogens with zero attached hydrogens (tertiary/aromatic N) is 3. The fraction of sp³-hybridized carbons (Fsp3) is 0.308. The van der Waals surface area contributed by atoms with Gasteiger partial charge in [-0.25, -0.2) is 10.2 Å². The number of carbonyl (C=O) groups excluding carboxylic acids is 1. The van der Waals surface area contributed by atoms with Crippen LogP contribution in [0.15, 0.2) is 48.8 Å². The molecule has 8 nitrogen and oxygen atoms in total. The number of hydrazine groups is 1. The van der Waals surface area contributed by atoms with Crippen LogP contribution in [0, 0.1) is 6.92 Å². The lowest BCUT2D eigenvalue weighted by Gasteiger charge is -2.18. The number of hydrogen-bond acceptors (Lipinski definition) is 6. The summed E-state index contributed by atoms with van der Waals surface area (Å²) in [4.78, 5) is 13.0. The van der Waals surface area contributed by atoms with Crippen LogP contribution in [0.5, 0.6) is 0 Å². The van der Waals surface area contributed by atoms with Gasteiger partial charge in [0.15, 0.2) is 0 Å². The van der Waals surface area contributed by atoms with Crippen LogP contribution in [-0.2, 0) is 20.3 Å². The van der Waals surface area contributed by atoms with Gasteiger partial charge in [0.25, 0.3) is 5.91 Å². The van der Waals surface area contributed by atoms with E-state index in [4.69, 9.17) is 23.2 Å². The third-order valence-corrected chi connectivity index (χ3v) is 5.81. The molecule has 37 heavy (non-hydrogen) atoms. The van der Waals surface area contributed by atoms with Crippen molar-refractivity contribution < 1.29 is 13.6 Å². The van der Waals surface area contributed by atoms with Crippen LogP contribution in [-0.4, -0.2) is 28.9 Å². The van der Waals surface area contributed by atoms with E-state index in [0.717, 1.165) is 16.8 Å². The van der Waals surface area contributed by atoms with E-state index in [2.05, 4.69) is 15.7 Å². The van der Waals surface area contributed by atoms with Gasteiger partial charge < -0.3 is 16.4 Å². The Balaban J connectivity index is 0.00000235. The molecule has 0 unspecified atom stereocenters. The fourth-order valence-electron chi connectivity index (χ4n) is 3.46. The van der Waals surface area contributed by atoms with E-state index in [0.29, 0.717) is 46.9 Å². The Hall–Kier alpha value is -3.47. The monoisotopic (exact) mass is 533 g/mol. The lowest BCUT2D eigenvalue weighted by atomic mass is 10.1. The highest BCUT2D eigenvalue weighted by Crippen LogP contribution is 2.27. The summed E-state index contributed by atoms with van der Waals surface area (Å²) in [5, 5.41) is 11.9. The van der Waals surface area contributed by atoms with Gasteiger partial charge in [0.05, 0.1) is 29.8 Å². The Morgan fingerprint density at radius 3 is 2.49 bits per heavy atom. The topological polar surface area (TPSA) is 114 Å². The summed E-state index contributed by atoms with van der Waals surface area (Å²) in [6.07, 6.45) is 3.17. The van der Waals surface area contributed by atoms with Crippen molar-refractivity contribution in [3.05, 3.63) is 81.8 Å². The van der Waals surface area contributed by atoms with Gasteiger partial charge in [-0.05, 0) is 48.4 Å². The molecular weight excluding hydrogens is 500 g/mol. The quantitative estimate of drug-likeness (QED) is 0.231. The number of rotatable bonds is 9. The molecule has 11 heteroatoms. The van der Waals surface area contributed by atoms with Gasteiger partial charge >= 0.3 is 0 Å². The number of aryl methyl sites for hydroxylation is 1. The standard InChI is InChI=1S/C25H31ClFN7O.CH3F/c1-15(2)30-12-18-7-17(11-27)8-20(9-18)32-25(35)19-5-6-22(26)24(10-19)34(29)14-23(28)21-13-31-33(4)16(21)3;1-2/h5-10,13-15,30H,11-12,28-29H2,1-4H3,(H,32,35);1H3/b23-14-;. The SMILES string of the molecule is CF.Cc1c(/C(N)=C/N(N)c2cc(C(=O)Nc3cc(CF)cc(CNC(C)C)c3)ccc2Cl)cnn1C. The normalized spacial score (nSPS) is 11.2. The second-order valence-electron chi connectivity index (χ2n) is 8.59. The van der Waals surface area contributed by atoms with Gasteiger partial charge in [-0.1, -0.05) is 31.5 Å². The van der Waals surface area contributed by atoms with Gasteiger partial charge in [-0.15, -0.1) is 0 Å². The first-order valence-corrected chi connectivity index (χ1v) is 11.9. The third kappa shape index (κ3) is 8.01. The molecule has 0 fully saturated rings. The highest BCUT2D eigenvalue weighted by Gasteiger charge is 2.14. The van der Waals surface area contributed by atoms with Crippen LogP contribution >= 0.6 is 11.6 Å². The maximum absolute atomic E-state index is 13.4. The van der Waals surface area contributed by atoms with Crippen molar-refractivity contribution >= 4 is 34.6 Å². The van der Waals surface area contributed by atoms with E-state index in [-0.39, 0.29) is 11.9 Å². The number of alkyl halides is 2. The number of aromatic nitrogens is 2. The van der Waals surface area contributed by atoms with E-state index < -0.39 is 6.67 Å². The second-order valence-corrected chi connectivity index (χ2v) is 8.99. The molecule has 0 aliphatic carbocycles. The number of hydrogen-bond donors (Lipinski definition) is 4. The summed E-state index contributed by atoms with van der Waals surface area (Å²) in [6.45, 7) is 5.88. The minimum Gasteiger partial charge on any atom is -0.397 e. The summed E-state index contributed by atoms with van der Waals surface area (Å²) >= 11 is 6.35. The molecule has 3 aromatic rings. The largest absolute Gasteiger partial charge is 0.397 e. The molecule has 0 radical (unpaired) electrons. The molecular formula is C26H34ClF2N7O. The van der Waals surface area contributed by atoms with Crippen LogP contribution in [0.4, 0.5) is 20.2 Å². The van der Waals surface area contributed by atoms with Crippen LogP contribution in [0.1, 0.15) is 46.6 Å². The summed E-state index contributed by atoms with van der Waals surface area (Å²) in [5.74, 6) is 5.83. The minimum absolute atomic E-state index is 0.277. The highest BCUT2D eigenvalue weighted by atomic mass is 35.5. The van der Waals surface area contributed by atoms with Crippen molar-refractivity contribution in [2.24, 2.45) is 18.6 Å². The third-order valence-electron chi connectivity index (χ3n) is 5.49. The maximum Gasteiger partial charge on any atom is 0.255 e. The fourth-order valence-corrected chi connectivity index (χ4v) is 3.68. The molecule has 0 saturated heterocycles. The van der Waals surface area contributed by atoms with E-state index in [1.807, 2.05) is 33.9 Å². The van der Waals surface area contributed by atoms with Crippen LogP contribution < -0.4 is 27.2 Å². The van der Waals surface area contributed by atoms with Gasteiger partial charge in [-0.2, -0.15) is 5.10 Å². The van der Waals surface area contributed by atoms with E-state index in [1.165, 1.54) is 11.2 Å². The molecule has 0 spiro atoms. The van der Waals surface area contributed by atoms with Crippen molar-refractivity contribution in [1.29, 1.82) is 0 Å². The zero-order valence-corrected chi connectivity index (χ0v) is 22.4. The Morgan fingerprint density at radius 1 is 1.22 bits per heavy atom. The summed E-state index contributed by atoms with van der Waals surface area (Å²) in [5.41, 5.74) is 10.8. The first kappa shape index (κ1) is 29.8. The number of halogens is 3. The minimum atomic E-state index is -0.629. The Bertz CT molecular complexity index is 1240. The number of nitrogens with one attached hydrogen (secondary N) is 2. The Morgan fingerprint density at radius 2 is 1.89 bits per heavy atom. The van der Waals surface area contributed by atoms with Gasteiger partial charge in [-0.3, -0.25) is 18.9 Å². The molecule has 200 valence electrons. The lowest BCUT2D eigenvalue weighted by molar-refractivity contribution is 0.102. The molecule has 0 bridgehead atoms. The first-order chi connectivity index (χ1) is 17.6. The summed E-state index contributed by atoms with van der Waals surface area (Å²) < 4.78 is 24.6. The van der Waals surface area contributed by atoms with E-state index >= 15 is 0 Å². The zero-order valence-electron chi connectivity index (χ0n) is 21.6. The van der Waals surface area contributed by atoms with Crippen molar-refractivity contribution in [3.63, 3.8) is 0 Å². The molecule has 1 amide bonds. The Kier molecular flexibility index (Phi) is 11.0. The molecule has 1 aromatic heterocycles. The summed E-state index contributed by atoms with van der Waals surface area (Å²) in [6, 6.07) is 10.2. The summed E-state index contributed by atoms with van der Waals surface area (Å²) in [7, 11) is 2.32. The van der Waals surface area contributed by atoms with E-state index in [1.54, 1.807) is 41.2 Å². The first-order valence-electron chi connectivity index (χ1n) is 11.5. The molecule has 0 atom stereocenters. The lowest BCUT2D eigenvalue weighted by Crippen LogP contribution is -2.26. The van der Waals surface area contributed by atoms with Crippen LogP contribution in [0.25, 0.3) is 5.70 Å². The van der Waals surface area contributed by atoms with Crippen molar-refractivity contribution in [2.75, 3.05) is 17.5 Å². The highest BCUT2D eigenvalue weighted by molar-refractivity contribution is 6.33. The molecule has 0 aliphatic heterocycles. The number of nitrogens with two attached hydrogens (primary N) is 2.